The van der Waals surface area contributed by atoms with Crippen molar-refractivity contribution in [3.63, 3.8) is 0 Å². The maximum Gasteiger partial charge on any atom is 0.161 e. The van der Waals surface area contributed by atoms with Gasteiger partial charge in [0.2, 0.25) is 0 Å². The molecule has 1 rings (SSSR count). The zero-order valence-electron chi connectivity index (χ0n) is 9.90. The molecule has 1 aromatic rings. The van der Waals surface area contributed by atoms with Crippen LogP contribution in [0.3, 0.4) is 0 Å². The van der Waals surface area contributed by atoms with Crippen LogP contribution < -0.4 is 9.47 Å². The number of hydrogen-bond acceptors (Lipinski definition) is 4. The van der Waals surface area contributed by atoms with Crippen molar-refractivity contribution in [2.45, 2.75) is 13.0 Å². The van der Waals surface area contributed by atoms with Gasteiger partial charge in [-0.15, -0.1) is 0 Å². The molecular weight excluding hydrogens is 208 g/mol. The second-order valence-electron chi connectivity index (χ2n) is 3.57. The number of aliphatic hydroxyl groups is 1. The van der Waals surface area contributed by atoms with Crippen LogP contribution in [-0.4, -0.2) is 38.6 Å². The van der Waals surface area contributed by atoms with Crippen molar-refractivity contribution >= 4 is 0 Å². The number of rotatable bonds is 6. The highest BCUT2D eigenvalue weighted by atomic mass is 16.5. The first-order chi connectivity index (χ1) is 7.67. The predicted molar refractivity (Wildman–Crippen MR) is 61.1 cm³/mol. The van der Waals surface area contributed by atoms with Crippen LogP contribution in [0.15, 0.2) is 18.2 Å². The first-order valence-electron chi connectivity index (χ1n) is 5.11. The van der Waals surface area contributed by atoms with Gasteiger partial charge in [0.25, 0.3) is 0 Å². The van der Waals surface area contributed by atoms with E-state index in [2.05, 4.69) is 0 Å². The summed E-state index contributed by atoms with van der Waals surface area (Å²) in [4.78, 5) is 0. The Morgan fingerprint density at radius 2 is 1.94 bits per heavy atom. The van der Waals surface area contributed by atoms with E-state index in [0.29, 0.717) is 11.5 Å². The largest absolute Gasteiger partial charge is 0.493 e. The van der Waals surface area contributed by atoms with E-state index in [0.717, 1.165) is 5.56 Å². The van der Waals surface area contributed by atoms with Gasteiger partial charge < -0.3 is 19.3 Å². The third-order valence-corrected chi connectivity index (χ3v) is 2.11. The van der Waals surface area contributed by atoms with E-state index in [1.165, 1.54) is 7.11 Å². The topological polar surface area (TPSA) is 47.9 Å². The van der Waals surface area contributed by atoms with Gasteiger partial charge in [-0.25, -0.2) is 0 Å². The Balaban J connectivity index is 2.59. The molecule has 0 bridgehead atoms. The molecule has 0 saturated heterocycles. The van der Waals surface area contributed by atoms with E-state index >= 15 is 0 Å². The van der Waals surface area contributed by atoms with Crippen LogP contribution in [0.4, 0.5) is 0 Å². The highest BCUT2D eigenvalue weighted by Gasteiger charge is 2.08. The lowest BCUT2D eigenvalue weighted by molar-refractivity contribution is 0.0319. The van der Waals surface area contributed by atoms with Gasteiger partial charge >= 0.3 is 0 Å². The van der Waals surface area contributed by atoms with Gasteiger partial charge in [0.1, 0.15) is 12.7 Å². The summed E-state index contributed by atoms with van der Waals surface area (Å²) in [6, 6.07) is 5.65. The number of aryl methyl sites for hydroxylation is 1. The summed E-state index contributed by atoms with van der Waals surface area (Å²) in [5, 5.41) is 9.44. The van der Waals surface area contributed by atoms with Gasteiger partial charge in [-0.05, 0) is 24.6 Å². The monoisotopic (exact) mass is 226 g/mol. The highest BCUT2D eigenvalue weighted by Crippen LogP contribution is 2.27. The predicted octanol–water partition coefficient (Wildman–Crippen LogP) is 1.39. The fourth-order valence-electron chi connectivity index (χ4n) is 1.32. The number of ether oxygens (including phenoxy) is 3. The van der Waals surface area contributed by atoms with E-state index in [4.69, 9.17) is 14.2 Å². The molecule has 4 heteroatoms. The Morgan fingerprint density at radius 1 is 1.19 bits per heavy atom. The SMILES string of the molecule is COCC(O)COc1ccc(C)cc1OC. The minimum absolute atomic E-state index is 0.188. The van der Waals surface area contributed by atoms with E-state index in [1.807, 2.05) is 25.1 Å². The molecule has 0 aliphatic carbocycles. The number of hydrogen-bond donors (Lipinski definition) is 1. The van der Waals surface area contributed by atoms with Gasteiger partial charge in [-0.2, -0.15) is 0 Å². The van der Waals surface area contributed by atoms with Crippen molar-refractivity contribution in [1.29, 1.82) is 0 Å². The third-order valence-electron chi connectivity index (χ3n) is 2.11. The minimum atomic E-state index is -0.629. The fraction of sp³-hybridized carbons (Fsp3) is 0.500. The molecule has 16 heavy (non-hydrogen) atoms. The number of aliphatic hydroxyl groups excluding tert-OH is 1. The minimum Gasteiger partial charge on any atom is -0.493 e. The first kappa shape index (κ1) is 12.8. The summed E-state index contributed by atoms with van der Waals surface area (Å²) in [5.74, 6) is 1.30. The molecule has 1 unspecified atom stereocenters. The van der Waals surface area contributed by atoms with Crippen LogP contribution in [0.5, 0.6) is 11.5 Å². The maximum absolute atomic E-state index is 9.44. The molecule has 0 radical (unpaired) electrons. The summed E-state index contributed by atoms with van der Waals surface area (Å²) in [6.45, 7) is 2.42. The van der Waals surface area contributed by atoms with Crippen LogP contribution in [0.25, 0.3) is 0 Å². The van der Waals surface area contributed by atoms with Crippen LogP contribution >= 0.6 is 0 Å². The van der Waals surface area contributed by atoms with E-state index in [9.17, 15) is 5.11 Å². The first-order valence-corrected chi connectivity index (χ1v) is 5.11. The zero-order chi connectivity index (χ0) is 12.0. The molecular formula is C12H18O4. The van der Waals surface area contributed by atoms with Crippen LogP contribution in [-0.2, 0) is 4.74 Å². The molecule has 0 fully saturated rings. The Kier molecular flexibility index (Phi) is 5.08. The van der Waals surface area contributed by atoms with Crippen molar-refractivity contribution in [1.82, 2.24) is 0 Å². The Labute approximate surface area is 95.8 Å². The summed E-state index contributed by atoms with van der Waals surface area (Å²) in [6.07, 6.45) is -0.629. The lowest BCUT2D eigenvalue weighted by Crippen LogP contribution is -2.22. The Morgan fingerprint density at radius 3 is 2.56 bits per heavy atom. The van der Waals surface area contributed by atoms with E-state index < -0.39 is 6.10 Å². The molecule has 0 aromatic heterocycles. The van der Waals surface area contributed by atoms with Crippen LogP contribution in [0.2, 0.25) is 0 Å². The maximum atomic E-state index is 9.44. The smallest absolute Gasteiger partial charge is 0.161 e. The molecule has 0 heterocycles. The van der Waals surface area contributed by atoms with Gasteiger partial charge in [0.05, 0.1) is 13.7 Å². The van der Waals surface area contributed by atoms with Gasteiger partial charge in [-0.1, -0.05) is 6.07 Å². The van der Waals surface area contributed by atoms with Crippen molar-refractivity contribution in [3.8, 4) is 11.5 Å². The number of methoxy groups -OCH3 is 2. The lowest BCUT2D eigenvalue weighted by Gasteiger charge is -2.14. The average molecular weight is 226 g/mol. The zero-order valence-corrected chi connectivity index (χ0v) is 9.90. The average Bonchev–Trinajstić information content (AvgIpc) is 2.27. The molecule has 0 saturated carbocycles. The second kappa shape index (κ2) is 6.35. The third kappa shape index (κ3) is 3.72. The van der Waals surface area contributed by atoms with Gasteiger partial charge in [0, 0.05) is 7.11 Å². The molecule has 1 aromatic carbocycles. The van der Waals surface area contributed by atoms with Crippen LogP contribution in [0.1, 0.15) is 5.56 Å². The standard InChI is InChI=1S/C12H18O4/c1-9-4-5-11(12(6-9)15-3)16-8-10(13)7-14-2/h4-6,10,13H,7-8H2,1-3H3. The molecule has 1 atom stereocenters. The quantitative estimate of drug-likeness (QED) is 0.796. The Hall–Kier alpha value is -1.26. The highest BCUT2D eigenvalue weighted by molar-refractivity contribution is 5.42. The van der Waals surface area contributed by atoms with Crippen molar-refractivity contribution < 1.29 is 19.3 Å². The Bertz CT molecular complexity index is 325. The number of benzene rings is 1. The molecule has 0 aliphatic heterocycles. The summed E-state index contributed by atoms with van der Waals surface area (Å²) in [5.41, 5.74) is 1.10. The molecule has 1 N–H and O–H groups in total. The summed E-state index contributed by atoms with van der Waals surface area (Å²) < 4.78 is 15.4. The van der Waals surface area contributed by atoms with Crippen LogP contribution in [0, 0.1) is 6.92 Å². The molecule has 0 aliphatic rings. The molecule has 4 nitrogen and oxygen atoms in total. The van der Waals surface area contributed by atoms with Gasteiger partial charge in [0.15, 0.2) is 11.5 Å². The fourth-order valence-corrected chi connectivity index (χ4v) is 1.32. The summed E-state index contributed by atoms with van der Waals surface area (Å²) in [7, 11) is 3.13. The second-order valence-corrected chi connectivity index (χ2v) is 3.57. The molecule has 0 spiro atoms. The van der Waals surface area contributed by atoms with Crippen molar-refractivity contribution in [2.24, 2.45) is 0 Å². The van der Waals surface area contributed by atoms with Gasteiger partial charge in [-0.3, -0.25) is 0 Å². The van der Waals surface area contributed by atoms with E-state index in [1.54, 1.807) is 7.11 Å². The van der Waals surface area contributed by atoms with Crippen molar-refractivity contribution in [2.75, 3.05) is 27.4 Å². The molecule has 90 valence electrons. The summed E-state index contributed by atoms with van der Waals surface area (Å²) >= 11 is 0. The normalized spacial score (nSPS) is 12.2. The van der Waals surface area contributed by atoms with E-state index in [-0.39, 0.29) is 13.2 Å². The molecule has 0 amide bonds. The lowest BCUT2D eigenvalue weighted by atomic mass is 10.2. The van der Waals surface area contributed by atoms with Crippen molar-refractivity contribution in [3.05, 3.63) is 23.8 Å².